The summed E-state index contributed by atoms with van der Waals surface area (Å²) in [7, 11) is 0. The molecular weight excluding hydrogens is 209 g/mol. The molecule has 0 aromatic heterocycles. The van der Waals surface area contributed by atoms with Crippen molar-refractivity contribution in [1.29, 1.82) is 0 Å². The van der Waals surface area contributed by atoms with Crippen LogP contribution in [0.2, 0.25) is 0 Å². The number of halogens is 3. The van der Waals surface area contributed by atoms with Gasteiger partial charge in [-0.15, -0.1) is 0 Å². The summed E-state index contributed by atoms with van der Waals surface area (Å²) in [5.41, 5.74) is -1.15. The fourth-order valence-corrected chi connectivity index (χ4v) is 1.18. The summed E-state index contributed by atoms with van der Waals surface area (Å²) < 4.78 is 40.6. The minimum Gasteiger partial charge on any atom is -0.388 e. The molecule has 92 valence electrons. The lowest BCUT2D eigenvalue weighted by atomic mass is 10.00. The maximum atomic E-state index is 11.8. The number of aliphatic hydroxyl groups is 1. The van der Waals surface area contributed by atoms with E-state index in [2.05, 4.69) is 0 Å². The first-order valence-corrected chi connectivity index (χ1v) is 5.14. The quantitative estimate of drug-likeness (QED) is 0.679. The second kappa shape index (κ2) is 6.33. The van der Waals surface area contributed by atoms with Crippen LogP contribution in [0.4, 0.5) is 13.2 Å². The molecule has 15 heavy (non-hydrogen) atoms. The lowest BCUT2D eigenvalue weighted by Crippen LogP contribution is -2.31. The van der Waals surface area contributed by atoms with Gasteiger partial charge in [0.15, 0.2) is 0 Å². The van der Waals surface area contributed by atoms with Crippen LogP contribution in [-0.2, 0) is 4.74 Å². The van der Waals surface area contributed by atoms with Gasteiger partial charge in [0.05, 0.1) is 12.2 Å². The summed E-state index contributed by atoms with van der Waals surface area (Å²) in [6.45, 7) is 4.05. The Kier molecular flexibility index (Phi) is 6.20. The van der Waals surface area contributed by atoms with Gasteiger partial charge in [0.1, 0.15) is 0 Å². The molecule has 0 fully saturated rings. The van der Waals surface area contributed by atoms with Gasteiger partial charge >= 0.3 is 6.18 Å². The lowest BCUT2D eigenvalue weighted by molar-refractivity contribution is -0.138. The fourth-order valence-electron chi connectivity index (χ4n) is 1.18. The van der Waals surface area contributed by atoms with E-state index in [9.17, 15) is 18.3 Å². The summed E-state index contributed by atoms with van der Waals surface area (Å²) in [6.07, 6.45) is -4.11. The summed E-state index contributed by atoms with van der Waals surface area (Å²) in [5, 5.41) is 9.65. The van der Waals surface area contributed by atoms with Crippen LogP contribution in [-0.4, -0.2) is 30.1 Å². The molecule has 0 aliphatic rings. The van der Waals surface area contributed by atoms with E-state index in [4.69, 9.17) is 4.74 Å². The van der Waals surface area contributed by atoms with E-state index in [0.29, 0.717) is 6.61 Å². The van der Waals surface area contributed by atoms with Crippen molar-refractivity contribution in [2.24, 2.45) is 0 Å². The number of hydrogen-bond acceptors (Lipinski definition) is 2. The van der Waals surface area contributed by atoms with Gasteiger partial charge in [-0.1, -0.05) is 6.92 Å². The first kappa shape index (κ1) is 14.7. The first-order valence-electron chi connectivity index (χ1n) is 5.14. The van der Waals surface area contributed by atoms with Crippen LogP contribution < -0.4 is 0 Å². The van der Waals surface area contributed by atoms with E-state index in [-0.39, 0.29) is 19.4 Å². The van der Waals surface area contributed by atoms with Crippen molar-refractivity contribution in [2.75, 3.05) is 13.2 Å². The normalized spacial score (nSPS) is 16.4. The Labute approximate surface area is 88.4 Å². The van der Waals surface area contributed by atoms with Crippen molar-refractivity contribution in [3.05, 3.63) is 0 Å². The minimum absolute atomic E-state index is 0.0635. The number of rotatable bonds is 7. The Bertz CT molecular complexity index is 167. The molecule has 0 amide bonds. The summed E-state index contributed by atoms with van der Waals surface area (Å²) >= 11 is 0. The van der Waals surface area contributed by atoms with E-state index >= 15 is 0 Å². The molecule has 0 aliphatic carbocycles. The van der Waals surface area contributed by atoms with Crippen molar-refractivity contribution in [1.82, 2.24) is 0 Å². The van der Waals surface area contributed by atoms with E-state index < -0.39 is 18.2 Å². The molecule has 0 aliphatic heterocycles. The van der Waals surface area contributed by atoms with Gasteiger partial charge in [-0.05, 0) is 26.2 Å². The minimum atomic E-state index is -4.14. The van der Waals surface area contributed by atoms with Crippen LogP contribution in [0, 0.1) is 0 Å². The maximum Gasteiger partial charge on any atom is 0.389 e. The van der Waals surface area contributed by atoms with Gasteiger partial charge in [0.2, 0.25) is 0 Å². The zero-order valence-corrected chi connectivity index (χ0v) is 9.23. The number of alkyl halides is 3. The second-order valence-corrected chi connectivity index (χ2v) is 4.02. The highest BCUT2D eigenvalue weighted by molar-refractivity contribution is 4.72. The van der Waals surface area contributed by atoms with Gasteiger partial charge in [0.25, 0.3) is 0 Å². The highest BCUT2D eigenvalue weighted by Gasteiger charge is 2.29. The average molecular weight is 228 g/mol. The average Bonchev–Trinajstić information content (AvgIpc) is 2.01. The molecule has 0 rings (SSSR count). The van der Waals surface area contributed by atoms with E-state index in [1.807, 2.05) is 6.92 Å². The monoisotopic (exact) mass is 228 g/mol. The third kappa shape index (κ3) is 10.0. The summed E-state index contributed by atoms with van der Waals surface area (Å²) in [6, 6.07) is 0. The third-order valence-corrected chi connectivity index (χ3v) is 1.94. The standard InChI is InChI=1S/C10H19F3O2/c1-3-7-15-8-9(2,14)5-4-6-10(11,12)13/h14H,3-8H2,1-2H3. The smallest absolute Gasteiger partial charge is 0.388 e. The summed E-state index contributed by atoms with van der Waals surface area (Å²) in [4.78, 5) is 0. The molecule has 5 heteroatoms. The molecule has 0 radical (unpaired) electrons. The van der Waals surface area contributed by atoms with Crippen LogP contribution in [0.15, 0.2) is 0 Å². The highest BCUT2D eigenvalue weighted by atomic mass is 19.4. The van der Waals surface area contributed by atoms with Crippen molar-refractivity contribution >= 4 is 0 Å². The molecule has 1 unspecified atom stereocenters. The van der Waals surface area contributed by atoms with E-state index in [1.54, 1.807) is 0 Å². The van der Waals surface area contributed by atoms with Crippen molar-refractivity contribution in [2.45, 2.75) is 51.3 Å². The molecule has 1 N–H and O–H groups in total. The predicted molar refractivity (Wildman–Crippen MR) is 51.6 cm³/mol. The molecule has 0 heterocycles. The molecule has 0 saturated heterocycles. The maximum absolute atomic E-state index is 11.8. The Morgan fingerprint density at radius 1 is 1.20 bits per heavy atom. The Morgan fingerprint density at radius 2 is 1.80 bits per heavy atom. The van der Waals surface area contributed by atoms with Crippen molar-refractivity contribution in [3.8, 4) is 0 Å². The van der Waals surface area contributed by atoms with Crippen LogP contribution in [0.25, 0.3) is 0 Å². The van der Waals surface area contributed by atoms with Crippen LogP contribution in [0.1, 0.15) is 39.5 Å². The molecule has 0 aromatic carbocycles. The zero-order valence-electron chi connectivity index (χ0n) is 9.23. The largest absolute Gasteiger partial charge is 0.389 e. The molecular formula is C10H19F3O2. The second-order valence-electron chi connectivity index (χ2n) is 4.02. The Balaban J connectivity index is 3.64. The van der Waals surface area contributed by atoms with Gasteiger partial charge in [-0.2, -0.15) is 13.2 Å². The van der Waals surface area contributed by atoms with Crippen LogP contribution >= 0.6 is 0 Å². The summed E-state index contributed by atoms with van der Waals surface area (Å²) in [5.74, 6) is 0. The predicted octanol–water partition coefficient (Wildman–Crippen LogP) is 2.90. The van der Waals surface area contributed by atoms with E-state index in [0.717, 1.165) is 6.42 Å². The Hall–Kier alpha value is -0.290. The van der Waals surface area contributed by atoms with Gasteiger partial charge in [-0.3, -0.25) is 0 Å². The van der Waals surface area contributed by atoms with Gasteiger partial charge in [-0.25, -0.2) is 0 Å². The molecule has 0 aromatic rings. The highest BCUT2D eigenvalue weighted by Crippen LogP contribution is 2.24. The fraction of sp³-hybridized carbons (Fsp3) is 1.00. The van der Waals surface area contributed by atoms with Crippen molar-refractivity contribution in [3.63, 3.8) is 0 Å². The van der Waals surface area contributed by atoms with Crippen LogP contribution in [0.5, 0.6) is 0 Å². The van der Waals surface area contributed by atoms with Gasteiger partial charge < -0.3 is 9.84 Å². The van der Waals surface area contributed by atoms with E-state index in [1.165, 1.54) is 6.92 Å². The van der Waals surface area contributed by atoms with Crippen molar-refractivity contribution < 1.29 is 23.0 Å². The third-order valence-electron chi connectivity index (χ3n) is 1.94. The SMILES string of the molecule is CCCOCC(C)(O)CCCC(F)(F)F. The first-order chi connectivity index (χ1) is 6.77. The van der Waals surface area contributed by atoms with Crippen LogP contribution in [0.3, 0.4) is 0 Å². The number of hydrogen-bond donors (Lipinski definition) is 1. The lowest BCUT2D eigenvalue weighted by Gasteiger charge is -2.23. The zero-order chi connectivity index (χ0) is 11.9. The molecule has 0 spiro atoms. The Morgan fingerprint density at radius 3 is 2.27 bits per heavy atom. The molecule has 2 nitrogen and oxygen atoms in total. The molecule has 0 saturated carbocycles. The van der Waals surface area contributed by atoms with Gasteiger partial charge in [0, 0.05) is 13.0 Å². The number of ether oxygens (including phenoxy) is 1. The molecule has 0 bridgehead atoms. The molecule has 1 atom stereocenters. The topological polar surface area (TPSA) is 29.5 Å².